The summed E-state index contributed by atoms with van der Waals surface area (Å²) in [5.41, 5.74) is 1.60. The highest BCUT2D eigenvalue weighted by Gasteiger charge is 2.05. The summed E-state index contributed by atoms with van der Waals surface area (Å²) < 4.78 is 4.24. The molecule has 7 heteroatoms. The van der Waals surface area contributed by atoms with Gasteiger partial charge in [-0.15, -0.1) is 0 Å². The molecule has 0 aliphatic rings. The fraction of sp³-hybridized carbons (Fsp3) is 0.500. The summed E-state index contributed by atoms with van der Waals surface area (Å²) in [5.74, 6) is 3.13. The van der Waals surface area contributed by atoms with E-state index in [-0.39, 0.29) is 0 Å². The maximum Gasteiger partial charge on any atom is 0.381 e. The molecule has 0 spiro atoms. The van der Waals surface area contributed by atoms with Gasteiger partial charge in [-0.3, -0.25) is 9.68 Å². The summed E-state index contributed by atoms with van der Waals surface area (Å²) in [5, 5.41) is 0. The van der Waals surface area contributed by atoms with Crippen LogP contribution in [0.2, 0.25) is 0 Å². The molecule has 0 fully saturated rings. The number of hydrazine groups is 1. The Morgan fingerprint density at radius 2 is 2.18 bits per heavy atom. The van der Waals surface area contributed by atoms with Crippen molar-refractivity contribution in [3.05, 3.63) is 0 Å². The molecule has 0 aliphatic heterocycles. The standard InChI is InChI=1S/C4H8N2O5/c1-3(7)9-2-4(8)10-11-6-5/h6H,2,5H2,1H3. The van der Waals surface area contributed by atoms with Crippen LogP contribution in [0, 0.1) is 0 Å². The quantitative estimate of drug-likeness (QED) is 0.223. The lowest BCUT2D eigenvalue weighted by Gasteiger charge is -2.00. The monoisotopic (exact) mass is 164 g/mol. The Balaban J connectivity index is 3.30. The molecule has 0 saturated carbocycles. The molecule has 64 valence electrons. The van der Waals surface area contributed by atoms with Crippen molar-refractivity contribution in [2.75, 3.05) is 6.61 Å². The van der Waals surface area contributed by atoms with Crippen molar-refractivity contribution in [1.29, 1.82) is 0 Å². The maximum absolute atomic E-state index is 10.4. The van der Waals surface area contributed by atoms with Gasteiger partial charge >= 0.3 is 11.9 Å². The third kappa shape index (κ3) is 6.71. The fourth-order valence-corrected chi connectivity index (χ4v) is 0.255. The summed E-state index contributed by atoms with van der Waals surface area (Å²) in [6.45, 7) is 0.659. The van der Waals surface area contributed by atoms with E-state index in [4.69, 9.17) is 0 Å². The minimum absolute atomic E-state index is 0.503. The van der Waals surface area contributed by atoms with Crippen LogP contribution in [-0.2, 0) is 24.2 Å². The van der Waals surface area contributed by atoms with Gasteiger partial charge in [0, 0.05) is 6.92 Å². The van der Waals surface area contributed by atoms with Gasteiger partial charge < -0.3 is 4.74 Å². The van der Waals surface area contributed by atoms with E-state index >= 15 is 0 Å². The number of hydrogen-bond donors (Lipinski definition) is 2. The largest absolute Gasteiger partial charge is 0.454 e. The highest BCUT2D eigenvalue weighted by Crippen LogP contribution is 1.80. The number of rotatable bonds is 4. The molecule has 0 aliphatic carbocycles. The molecule has 7 nitrogen and oxygen atoms in total. The summed E-state index contributed by atoms with van der Waals surface area (Å²) in [4.78, 5) is 28.2. The molecule has 0 amide bonds. The van der Waals surface area contributed by atoms with Crippen LogP contribution in [0.1, 0.15) is 6.92 Å². The maximum atomic E-state index is 10.4. The predicted octanol–water partition coefficient (Wildman–Crippen LogP) is -1.60. The van der Waals surface area contributed by atoms with Crippen molar-refractivity contribution in [1.82, 2.24) is 5.59 Å². The highest BCUT2D eigenvalue weighted by molar-refractivity contribution is 5.74. The summed E-state index contributed by atoms with van der Waals surface area (Å²) >= 11 is 0. The summed E-state index contributed by atoms with van der Waals surface area (Å²) in [6.07, 6.45) is 0. The van der Waals surface area contributed by atoms with Gasteiger partial charge in [-0.1, -0.05) is 10.6 Å². The number of hydrogen-bond acceptors (Lipinski definition) is 7. The van der Waals surface area contributed by atoms with Gasteiger partial charge in [-0.05, 0) is 0 Å². The fourth-order valence-electron chi connectivity index (χ4n) is 0.255. The Bertz CT molecular complexity index is 147. The number of esters is 1. The van der Waals surface area contributed by atoms with Gasteiger partial charge in [0.15, 0.2) is 6.61 Å². The molecule has 0 aromatic heterocycles. The van der Waals surface area contributed by atoms with E-state index in [1.807, 2.05) is 0 Å². The van der Waals surface area contributed by atoms with Crippen molar-refractivity contribution < 1.29 is 24.2 Å². The molecule has 0 unspecified atom stereocenters. The third-order valence-electron chi connectivity index (χ3n) is 0.576. The first-order valence-electron chi connectivity index (χ1n) is 2.62. The summed E-state index contributed by atoms with van der Waals surface area (Å²) in [7, 11) is 0. The lowest BCUT2D eigenvalue weighted by molar-refractivity contribution is -0.311. The molecule has 0 saturated heterocycles. The van der Waals surface area contributed by atoms with Gasteiger partial charge in [0.2, 0.25) is 0 Å². The normalized spacial score (nSPS) is 8.91. The van der Waals surface area contributed by atoms with Crippen LogP contribution in [0.25, 0.3) is 0 Å². The lowest BCUT2D eigenvalue weighted by atomic mass is 10.7. The van der Waals surface area contributed by atoms with E-state index in [1.165, 1.54) is 0 Å². The average molecular weight is 164 g/mol. The molecule has 0 atom stereocenters. The van der Waals surface area contributed by atoms with E-state index in [9.17, 15) is 9.59 Å². The Hall–Kier alpha value is -1.18. The van der Waals surface area contributed by atoms with Crippen molar-refractivity contribution >= 4 is 11.9 Å². The van der Waals surface area contributed by atoms with Crippen molar-refractivity contribution in [3.8, 4) is 0 Å². The van der Waals surface area contributed by atoms with Crippen LogP contribution in [0.15, 0.2) is 0 Å². The van der Waals surface area contributed by atoms with Crippen LogP contribution in [0.4, 0.5) is 0 Å². The number of carbonyl (C=O) groups excluding carboxylic acids is 2. The Labute approximate surface area is 62.2 Å². The van der Waals surface area contributed by atoms with E-state index < -0.39 is 18.5 Å². The van der Waals surface area contributed by atoms with Gasteiger partial charge in [0.25, 0.3) is 0 Å². The van der Waals surface area contributed by atoms with Crippen LogP contribution in [0.5, 0.6) is 0 Å². The minimum Gasteiger partial charge on any atom is -0.454 e. The third-order valence-corrected chi connectivity index (χ3v) is 0.576. The highest BCUT2D eigenvalue weighted by atomic mass is 17.3. The second kappa shape index (κ2) is 5.59. The van der Waals surface area contributed by atoms with Crippen LogP contribution in [0.3, 0.4) is 0 Å². The van der Waals surface area contributed by atoms with Crippen molar-refractivity contribution in [2.24, 2.45) is 5.84 Å². The van der Waals surface area contributed by atoms with Gasteiger partial charge in [0.05, 0.1) is 0 Å². The summed E-state index contributed by atoms with van der Waals surface area (Å²) in [6, 6.07) is 0. The van der Waals surface area contributed by atoms with Crippen molar-refractivity contribution in [2.45, 2.75) is 6.92 Å². The Kier molecular flexibility index (Phi) is 4.99. The van der Waals surface area contributed by atoms with E-state index in [0.29, 0.717) is 0 Å². The van der Waals surface area contributed by atoms with Crippen LogP contribution < -0.4 is 11.4 Å². The minimum atomic E-state index is -0.863. The first kappa shape index (κ1) is 9.82. The Morgan fingerprint density at radius 3 is 2.64 bits per heavy atom. The molecule has 11 heavy (non-hydrogen) atoms. The zero-order valence-electron chi connectivity index (χ0n) is 5.83. The van der Waals surface area contributed by atoms with Gasteiger partial charge in [0.1, 0.15) is 0 Å². The molecule has 0 radical (unpaired) electrons. The zero-order chi connectivity index (χ0) is 8.69. The molecule has 0 aromatic carbocycles. The predicted molar refractivity (Wildman–Crippen MR) is 31.1 cm³/mol. The van der Waals surface area contributed by atoms with Crippen LogP contribution in [-0.4, -0.2) is 18.5 Å². The van der Waals surface area contributed by atoms with E-state index in [0.717, 1.165) is 6.92 Å². The number of carbonyl (C=O) groups is 2. The SMILES string of the molecule is CC(=O)OCC(=O)OONN. The molecule has 0 rings (SSSR count). The number of ether oxygens (including phenoxy) is 1. The van der Waals surface area contributed by atoms with Gasteiger partial charge in [-0.2, -0.15) is 0 Å². The second-order valence-corrected chi connectivity index (χ2v) is 1.44. The second-order valence-electron chi connectivity index (χ2n) is 1.44. The molecule has 0 bridgehead atoms. The zero-order valence-corrected chi connectivity index (χ0v) is 5.83. The molecule has 3 N–H and O–H groups in total. The molecular formula is C4H8N2O5. The topological polar surface area (TPSA) is 99.9 Å². The smallest absolute Gasteiger partial charge is 0.381 e. The first-order chi connectivity index (χ1) is 5.16. The van der Waals surface area contributed by atoms with Gasteiger partial charge in [-0.25, -0.2) is 10.6 Å². The number of nitrogens with two attached hydrogens (primary N) is 1. The molecule has 0 heterocycles. The lowest BCUT2D eigenvalue weighted by Crippen LogP contribution is -2.26. The Morgan fingerprint density at radius 1 is 1.55 bits per heavy atom. The molecule has 0 aromatic rings. The number of nitrogens with one attached hydrogen (secondary N) is 1. The molecular weight excluding hydrogens is 156 g/mol. The van der Waals surface area contributed by atoms with Crippen molar-refractivity contribution in [3.63, 3.8) is 0 Å². The van der Waals surface area contributed by atoms with E-state index in [2.05, 4.69) is 20.5 Å². The average Bonchev–Trinajstić information content (AvgIpc) is 1.97. The van der Waals surface area contributed by atoms with E-state index in [1.54, 1.807) is 5.59 Å². The van der Waals surface area contributed by atoms with Crippen LogP contribution >= 0.6 is 0 Å². The first-order valence-corrected chi connectivity index (χ1v) is 2.62.